The van der Waals surface area contributed by atoms with Crippen LogP contribution in [-0.2, 0) is 24.4 Å². The van der Waals surface area contributed by atoms with E-state index < -0.39 is 10.4 Å². The lowest BCUT2D eigenvalue weighted by Crippen LogP contribution is -2.09. The van der Waals surface area contributed by atoms with Gasteiger partial charge in [0.05, 0.1) is 6.61 Å². The summed E-state index contributed by atoms with van der Waals surface area (Å²) in [5, 5.41) is 0. The summed E-state index contributed by atoms with van der Waals surface area (Å²) in [5.41, 5.74) is 0. The van der Waals surface area contributed by atoms with Crippen LogP contribution in [0.2, 0.25) is 0 Å². The highest BCUT2D eigenvalue weighted by atomic mass is 32.3. The SMILES string of the molecule is CCCOCCOOS(=O)(=O)O. The average Bonchev–Trinajstić information content (AvgIpc) is 1.94. The van der Waals surface area contributed by atoms with Crippen molar-refractivity contribution in [3.63, 3.8) is 0 Å². The summed E-state index contributed by atoms with van der Waals surface area (Å²) in [5.74, 6) is 0. The third-order valence-electron chi connectivity index (χ3n) is 0.794. The molecule has 1 N–H and O–H groups in total. The van der Waals surface area contributed by atoms with Crippen molar-refractivity contribution in [2.75, 3.05) is 19.8 Å². The lowest BCUT2D eigenvalue weighted by atomic mass is 10.5. The molecule has 0 fully saturated rings. The summed E-state index contributed by atoms with van der Waals surface area (Å²) < 4.78 is 36.3. The molecule has 0 amide bonds. The molecule has 0 aromatic rings. The van der Waals surface area contributed by atoms with Gasteiger partial charge in [0, 0.05) is 6.61 Å². The molecule has 0 aromatic heterocycles. The van der Waals surface area contributed by atoms with Gasteiger partial charge in [0.1, 0.15) is 6.61 Å². The predicted octanol–water partition coefficient (Wildman–Crippen LogP) is 0.164. The molecule has 0 aliphatic carbocycles. The van der Waals surface area contributed by atoms with Crippen molar-refractivity contribution in [2.45, 2.75) is 13.3 Å². The fourth-order valence-electron chi connectivity index (χ4n) is 0.434. The van der Waals surface area contributed by atoms with Crippen LogP contribution in [0.25, 0.3) is 0 Å². The minimum Gasteiger partial charge on any atom is -0.379 e. The summed E-state index contributed by atoms with van der Waals surface area (Å²) >= 11 is 0. The van der Waals surface area contributed by atoms with E-state index in [4.69, 9.17) is 9.29 Å². The van der Waals surface area contributed by atoms with Gasteiger partial charge in [-0.1, -0.05) is 11.3 Å². The zero-order chi connectivity index (χ0) is 9.45. The van der Waals surface area contributed by atoms with E-state index in [1.165, 1.54) is 0 Å². The summed E-state index contributed by atoms with van der Waals surface area (Å²) in [7, 11) is -4.49. The Morgan fingerprint density at radius 3 is 2.42 bits per heavy atom. The molecule has 0 rings (SSSR count). The minimum atomic E-state index is -4.49. The van der Waals surface area contributed by atoms with Crippen molar-refractivity contribution >= 4 is 10.4 Å². The molecule has 0 aromatic carbocycles. The van der Waals surface area contributed by atoms with Gasteiger partial charge in [-0.25, -0.2) is 4.89 Å². The van der Waals surface area contributed by atoms with Gasteiger partial charge in [-0.15, -0.1) is 0 Å². The molecule has 6 nitrogen and oxygen atoms in total. The van der Waals surface area contributed by atoms with E-state index in [1.807, 2.05) is 6.92 Å². The highest BCUT2D eigenvalue weighted by Gasteiger charge is 2.03. The fraction of sp³-hybridized carbons (Fsp3) is 1.00. The quantitative estimate of drug-likeness (QED) is 0.273. The second-order valence-corrected chi connectivity index (χ2v) is 2.92. The van der Waals surface area contributed by atoms with Crippen LogP contribution in [0.4, 0.5) is 0 Å². The molecule has 12 heavy (non-hydrogen) atoms. The van der Waals surface area contributed by atoms with Gasteiger partial charge in [-0.2, -0.15) is 8.42 Å². The summed E-state index contributed by atoms with van der Waals surface area (Å²) in [6.45, 7) is 2.70. The van der Waals surface area contributed by atoms with Gasteiger partial charge < -0.3 is 4.74 Å². The molecule has 0 aliphatic heterocycles. The predicted molar refractivity (Wildman–Crippen MR) is 39.7 cm³/mol. The fourth-order valence-corrected chi connectivity index (χ4v) is 0.624. The Balaban J connectivity index is 3.12. The van der Waals surface area contributed by atoms with Crippen molar-refractivity contribution in [1.82, 2.24) is 0 Å². The highest BCUT2D eigenvalue weighted by molar-refractivity contribution is 7.80. The van der Waals surface area contributed by atoms with Gasteiger partial charge in [0.2, 0.25) is 0 Å². The van der Waals surface area contributed by atoms with Crippen molar-refractivity contribution in [2.24, 2.45) is 0 Å². The number of hydrogen-bond acceptors (Lipinski definition) is 5. The van der Waals surface area contributed by atoms with Gasteiger partial charge in [0.25, 0.3) is 0 Å². The van der Waals surface area contributed by atoms with Crippen LogP contribution in [0.3, 0.4) is 0 Å². The van der Waals surface area contributed by atoms with E-state index in [-0.39, 0.29) is 13.2 Å². The molecular weight excluding hydrogens is 188 g/mol. The maximum atomic E-state index is 9.89. The third kappa shape index (κ3) is 9.79. The molecule has 0 saturated carbocycles. The molecule has 74 valence electrons. The standard InChI is InChI=1S/C5H12O6S/c1-2-3-9-4-5-10-11-12(6,7)8/h2-5H2,1H3,(H,6,7,8). The maximum absolute atomic E-state index is 9.89. The highest BCUT2D eigenvalue weighted by Crippen LogP contribution is 1.88. The van der Waals surface area contributed by atoms with Crippen LogP contribution in [0, 0.1) is 0 Å². The lowest BCUT2D eigenvalue weighted by molar-refractivity contribution is -0.216. The zero-order valence-electron chi connectivity index (χ0n) is 6.73. The summed E-state index contributed by atoms with van der Waals surface area (Å²) in [6.07, 6.45) is 0.874. The number of hydrogen-bond donors (Lipinski definition) is 1. The zero-order valence-corrected chi connectivity index (χ0v) is 7.54. The number of ether oxygens (including phenoxy) is 1. The van der Waals surface area contributed by atoms with Crippen molar-refractivity contribution < 1.29 is 26.9 Å². The van der Waals surface area contributed by atoms with E-state index in [0.29, 0.717) is 6.61 Å². The van der Waals surface area contributed by atoms with Gasteiger partial charge in [-0.05, 0) is 6.42 Å². The molecule has 0 aliphatic rings. The Hall–Kier alpha value is -0.210. The van der Waals surface area contributed by atoms with Gasteiger partial charge in [-0.3, -0.25) is 4.55 Å². The van der Waals surface area contributed by atoms with Crippen LogP contribution in [-0.4, -0.2) is 32.8 Å². The van der Waals surface area contributed by atoms with E-state index in [1.54, 1.807) is 0 Å². The molecular formula is C5H12O6S. The first kappa shape index (κ1) is 11.8. The largest absolute Gasteiger partial charge is 0.424 e. The third-order valence-corrected chi connectivity index (χ3v) is 1.06. The lowest BCUT2D eigenvalue weighted by Gasteiger charge is -2.01. The van der Waals surface area contributed by atoms with E-state index in [9.17, 15) is 8.42 Å². The molecule has 0 heterocycles. The van der Waals surface area contributed by atoms with Crippen LogP contribution < -0.4 is 0 Å². The first-order valence-electron chi connectivity index (χ1n) is 3.42. The van der Waals surface area contributed by atoms with Crippen LogP contribution in [0.1, 0.15) is 13.3 Å². The van der Waals surface area contributed by atoms with Crippen LogP contribution in [0.5, 0.6) is 0 Å². The molecule has 0 atom stereocenters. The summed E-state index contributed by atoms with van der Waals surface area (Å²) in [4.78, 5) is 4.08. The number of rotatable bonds is 7. The van der Waals surface area contributed by atoms with Gasteiger partial charge in [0.15, 0.2) is 0 Å². The Morgan fingerprint density at radius 2 is 1.92 bits per heavy atom. The molecule has 0 radical (unpaired) electrons. The van der Waals surface area contributed by atoms with E-state index in [0.717, 1.165) is 6.42 Å². The normalized spacial score (nSPS) is 11.8. The maximum Gasteiger partial charge on any atom is 0.424 e. The van der Waals surface area contributed by atoms with Crippen molar-refractivity contribution in [3.8, 4) is 0 Å². The Kier molecular flexibility index (Phi) is 6.21. The Labute approximate surface area is 71.3 Å². The molecule has 0 bridgehead atoms. The average molecular weight is 200 g/mol. The molecule has 0 spiro atoms. The van der Waals surface area contributed by atoms with Crippen molar-refractivity contribution in [1.29, 1.82) is 0 Å². The van der Waals surface area contributed by atoms with Gasteiger partial charge >= 0.3 is 10.4 Å². The molecule has 0 saturated heterocycles. The van der Waals surface area contributed by atoms with E-state index in [2.05, 4.69) is 9.22 Å². The monoisotopic (exact) mass is 200 g/mol. The van der Waals surface area contributed by atoms with Crippen molar-refractivity contribution in [3.05, 3.63) is 0 Å². The first-order chi connectivity index (χ1) is 5.56. The second kappa shape index (κ2) is 6.32. The minimum absolute atomic E-state index is 0.0419. The van der Waals surface area contributed by atoms with Crippen LogP contribution >= 0.6 is 0 Å². The Bertz CT molecular complexity index is 186. The smallest absolute Gasteiger partial charge is 0.379 e. The molecule has 7 heteroatoms. The molecule has 0 unspecified atom stereocenters. The van der Waals surface area contributed by atoms with E-state index >= 15 is 0 Å². The van der Waals surface area contributed by atoms with Crippen LogP contribution in [0.15, 0.2) is 0 Å². The second-order valence-electron chi connectivity index (χ2n) is 1.93. The topological polar surface area (TPSA) is 82.1 Å². The first-order valence-corrected chi connectivity index (χ1v) is 4.79. The summed E-state index contributed by atoms with van der Waals surface area (Å²) in [6, 6.07) is 0. The Morgan fingerprint density at radius 1 is 1.25 bits per heavy atom.